The van der Waals surface area contributed by atoms with Crippen LogP contribution in [0.15, 0.2) is 29.2 Å². The van der Waals surface area contributed by atoms with Crippen molar-refractivity contribution in [3.05, 3.63) is 29.8 Å². The summed E-state index contributed by atoms with van der Waals surface area (Å²) in [5.41, 5.74) is 0.817. The minimum absolute atomic E-state index is 0.323. The first-order valence-corrected chi connectivity index (χ1v) is 9.95. The smallest absolute Gasteiger partial charge is 0.240 e. The van der Waals surface area contributed by atoms with Crippen LogP contribution in [0.25, 0.3) is 0 Å². The average Bonchev–Trinajstić information content (AvgIpc) is 2.97. The summed E-state index contributed by atoms with van der Waals surface area (Å²) in [5, 5.41) is 3.69. The van der Waals surface area contributed by atoms with Crippen molar-refractivity contribution in [1.29, 1.82) is 0 Å². The normalized spacial score (nSPS) is 19.3. The van der Waals surface area contributed by atoms with Crippen LogP contribution in [0.1, 0.15) is 32.3 Å². The van der Waals surface area contributed by atoms with E-state index in [2.05, 4.69) is 10.0 Å². The van der Waals surface area contributed by atoms with Crippen LogP contribution in [0.3, 0.4) is 0 Å². The predicted octanol–water partition coefficient (Wildman–Crippen LogP) is 2.36. The second-order valence-electron chi connectivity index (χ2n) is 5.63. The molecule has 0 saturated carbocycles. The highest BCUT2D eigenvalue weighted by molar-refractivity contribution is 8.00. The van der Waals surface area contributed by atoms with Gasteiger partial charge in [0.1, 0.15) is 0 Å². The quantitative estimate of drug-likeness (QED) is 0.807. The van der Waals surface area contributed by atoms with Gasteiger partial charge in [-0.25, -0.2) is 13.1 Å². The zero-order valence-electron chi connectivity index (χ0n) is 12.6. The summed E-state index contributed by atoms with van der Waals surface area (Å²) in [6.45, 7) is 5.19. The van der Waals surface area contributed by atoms with Gasteiger partial charge in [-0.2, -0.15) is 11.8 Å². The molecule has 4 nitrogen and oxygen atoms in total. The first-order chi connectivity index (χ1) is 9.99. The van der Waals surface area contributed by atoms with Gasteiger partial charge >= 0.3 is 0 Å². The lowest BCUT2D eigenvalue weighted by Crippen LogP contribution is -2.31. The van der Waals surface area contributed by atoms with Crippen LogP contribution in [0.5, 0.6) is 0 Å². The Balaban J connectivity index is 2.07. The van der Waals surface area contributed by atoms with E-state index in [9.17, 15) is 8.42 Å². The highest BCUT2D eigenvalue weighted by Gasteiger charge is 2.21. The van der Waals surface area contributed by atoms with Gasteiger partial charge in [0.25, 0.3) is 0 Å². The third-order valence-electron chi connectivity index (χ3n) is 3.49. The molecule has 1 aliphatic heterocycles. The molecule has 1 aliphatic rings. The fraction of sp³-hybridized carbons (Fsp3) is 0.600. The highest BCUT2D eigenvalue weighted by Crippen LogP contribution is 2.26. The maximum Gasteiger partial charge on any atom is 0.240 e. The Morgan fingerprint density at radius 2 is 2.10 bits per heavy atom. The van der Waals surface area contributed by atoms with Crippen LogP contribution in [-0.4, -0.2) is 32.0 Å². The van der Waals surface area contributed by atoms with E-state index >= 15 is 0 Å². The van der Waals surface area contributed by atoms with Crippen LogP contribution in [0.2, 0.25) is 0 Å². The molecule has 1 unspecified atom stereocenters. The molecule has 1 fully saturated rings. The van der Waals surface area contributed by atoms with Crippen molar-refractivity contribution in [2.24, 2.45) is 0 Å². The third-order valence-corrected chi connectivity index (χ3v) is 6.41. The van der Waals surface area contributed by atoms with Gasteiger partial charge in [0, 0.05) is 24.4 Å². The molecule has 1 aromatic carbocycles. The van der Waals surface area contributed by atoms with E-state index in [0.717, 1.165) is 17.7 Å². The summed E-state index contributed by atoms with van der Waals surface area (Å²) in [5.74, 6) is 1.14. The maximum atomic E-state index is 12.5. The summed E-state index contributed by atoms with van der Waals surface area (Å²) < 4.78 is 27.8. The molecule has 2 N–H and O–H groups in total. The lowest BCUT2D eigenvalue weighted by molar-refractivity contribution is 0.566. The number of benzene rings is 1. The van der Waals surface area contributed by atoms with Gasteiger partial charge in [-0.3, -0.25) is 0 Å². The Labute approximate surface area is 132 Å². The molecule has 1 saturated heterocycles. The van der Waals surface area contributed by atoms with E-state index < -0.39 is 10.0 Å². The molecule has 0 bridgehead atoms. The largest absolute Gasteiger partial charge is 0.310 e. The topological polar surface area (TPSA) is 58.2 Å². The number of nitrogens with one attached hydrogen (secondary N) is 2. The number of hydrogen-bond acceptors (Lipinski definition) is 4. The molecule has 0 radical (unpaired) electrons. The first kappa shape index (κ1) is 16.8. The Morgan fingerprint density at radius 1 is 1.33 bits per heavy atom. The van der Waals surface area contributed by atoms with Crippen molar-refractivity contribution in [3.63, 3.8) is 0 Å². The Kier molecular flexibility index (Phi) is 6.10. The van der Waals surface area contributed by atoms with E-state index in [0.29, 0.717) is 29.3 Å². The predicted molar refractivity (Wildman–Crippen MR) is 89.1 cm³/mol. The molecule has 21 heavy (non-hydrogen) atoms. The van der Waals surface area contributed by atoms with E-state index in [4.69, 9.17) is 0 Å². The Hall–Kier alpha value is -0.560. The lowest BCUT2D eigenvalue weighted by Gasteiger charge is -2.15. The minimum Gasteiger partial charge on any atom is -0.310 e. The van der Waals surface area contributed by atoms with Gasteiger partial charge < -0.3 is 5.32 Å². The molecular formula is C15H24N2O2S2. The minimum atomic E-state index is -3.43. The molecule has 2 rings (SSSR count). The summed E-state index contributed by atoms with van der Waals surface area (Å²) in [6, 6.07) is 7.53. The Bertz CT molecular complexity index is 553. The lowest BCUT2D eigenvalue weighted by atomic mass is 10.2. The van der Waals surface area contributed by atoms with Gasteiger partial charge in [0.05, 0.1) is 4.90 Å². The number of rotatable bonds is 7. The second-order valence-corrected chi connectivity index (χ2v) is 8.77. The van der Waals surface area contributed by atoms with Crippen molar-refractivity contribution in [3.8, 4) is 0 Å². The Morgan fingerprint density at radius 3 is 2.76 bits per heavy atom. The van der Waals surface area contributed by atoms with Crippen LogP contribution < -0.4 is 10.0 Å². The summed E-state index contributed by atoms with van der Waals surface area (Å²) >= 11 is 1.86. The van der Waals surface area contributed by atoms with Crippen LogP contribution >= 0.6 is 11.8 Å². The highest BCUT2D eigenvalue weighted by atomic mass is 32.2. The zero-order valence-corrected chi connectivity index (χ0v) is 14.3. The fourth-order valence-corrected chi connectivity index (χ4v) is 4.94. The van der Waals surface area contributed by atoms with E-state index in [-0.39, 0.29) is 0 Å². The summed E-state index contributed by atoms with van der Waals surface area (Å²) in [4.78, 5) is 0.390. The average molecular weight is 329 g/mol. The van der Waals surface area contributed by atoms with Gasteiger partial charge in [-0.1, -0.05) is 32.0 Å². The first-order valence-electron chi connectivity index (χ1n) is 7.41. The van der Waals surface area contributed by atoms with Crippen LogP contribution in [0, 0.1) is 0 Å². The zero-order chi connectivity index (χ0) is 15.3. The molecular weight excluding hydrogens is 304 g/mol. The molecule has 0 aliphatic carbocycles. The number of sulfonamides is 1. The molecule has 1 heterocycles. The van der Waals surface area contributed by atoms with Gasteiger partial charge in [0.15, 0.2) is 0 Å². The second kappa shape index (κ2) is 7.63. The van der Waals surface area contributed by atoms with Crippen molar-refractivity contribution in [2.45, 2.75) is 49.4 Å². The molecule has 6 heteroatoms. The van der Waals surface area contributed by atoms with Crippen LogP contribution in [0.4, 0.5) is 0 Å². The summed E-state index contributed by atoms with van der Waals surface area (Å²) in [6.07, 6.45) is 2.29. The fourth-order valence-electron chi connectivity index (χ4n) is 2.31. The van der Waals surface area contributed by atoms with Crippen molar-refractivity contribution in [1.82, 2.24) is 10.0 Å². The van der Waals surface area contributed by atoms with Gasteiger partial charge in [0.2, 0.25) is 10.0 Å². The van der Waals surface area contributed by atoms with Crippen LogP contribution in [-0.2, 0) is 16.6 Å². The van der Waals surface area contributed by atoms with E-state index in [1.165, 1.54) is 6.42 Å². The van der Waals surface area contributed by atoms with Crippen molar-refractivity contribution >= 4 is 21.8 Å². The number of hydrogen-bond donors (Lipinski definition) is 2. The molecule has 0 spiro atoms. The van der Waals surface area contributed by atoms with Crippen molar-refractivity contribution < 1.29 is 8.42 Å². The molecule has 118 valence electrons. The summed E-state index contributed by atoms with van der Waals surface area (Å²) in [7, 11) is -3.43. The molecule has 1 aromatic rings. The molecule has 0 amide bonds. The monoisotopic (exact) mass is 328 g/mol. The van der Waals surface area contributed by atoms with E-state index in [1.807, 2.05) is 37.7 Å². The molecule has 0 aromatic heterocycles. The van der Waals surface area contributed by atoms with E-state index in [1.54, 1.807) is 12.1 Å². The van der Waals surface area contributed by atoms with Gasteiger partial charge in [-0.15, -0.1) is 0 Å². The standard InChI is InChI=1S/C15H24N2O2S2/c1-12(2)16-10-13-6-3-4-8-15(13)21(18,19)17-11-14-7-5-9-20-14/h3-4,6,8,12,14,16-17H,5,7,9-11H2,1-2H3. The number of thioether (sulfide) groups is 1. The van der Waals surface area contributed by atoms with Crippen molar-refractivity contribution in [2.75, 3.05) is 12.3 Å². The van der Waals surface area contributed by atoms with Gasteiger partial charge in [-0.05, 0) is 30.2 Å². The third kappa shape index (κ3) is 4.98. The SMILES string of the molecule is CC(C)NCc1ccccc1S(=O)(=O)NCC1CCCS1. The molecule has 1 atom stereocenters. The maximum absolute atomic E-state index is 12.5.